The van der Waals surface area contributed by atoms with Crippen LogP contribution in [0.15, 0.2) is 24.3 Å². The zero-order chi connectivity index (χ0) is 13.5. The first kappa shape index (κ1) is 14.6. The molecule has 98 valence electrons. The zero-order valence-electron chi connectivity index (χ0n) is 9.87. The summed E-state index contributed by atoms with van der Waals surface area (Å²) < 4.78 is 0. The van der Waals surface area contributed by atoms with Gasteiger partial charge in [0.1, 0.15) is 0 Å². The van der Waals surface area contributed by atoms with Gasteiger partial charge in [-0.25, -0.2) is 4.79 Å². The molecule has 1 aromatic carbocycles. The summed E-state index contributed by atoms with van der Waals surface area (Å²) in [5, 5.41) is 18.0. The third-order valence-electron chi connectivity index (χ3n) is 2.72. The average molecular weight is 268 g/mol. The van der Waals surface area contributed by atoms with E-state index in [4.69, 9.17) is 10.2 Å². The third kappa shape index (κ3) is 4.41. The van der Waals surface area contributed by atoms with Crippen LogP contribution in [0, 0.1) is 5.92 Å². The molecule has 2 N–H and O–H groups in total. The molecule has 4 nitrogen and oxygen atoms in total. The molecule has 0 aromatic heterocycles. The van der Waals surface area contributed by atoms with E-state index in [0.29, 0.717) is 18.6 Å². The Hall–Kier alpha value is -1.49. The van der Waals surface area contributed by atoms with Crippen LogP contribution in [0.25, 0.3) is 0 Å². The fourth-order valence-corrected chi connectivity index (χ4v) is 1.95. The third-order valence-corrected chi connectivity index (χ3v) is 3.03. The van der Waals surface area contributed by atoms with E-state index in [-0.39, 0.29) is 5.56 Å². The van der Waals surface area contributed by atoms with Crippen LogP contribution >= 0.6 is 12.6 Å². The lowest BCUT2D eigenvalue weighted by Crippen LogP contribution is -2.17. The summed E-state index contributed by atoms with van der Waals surface area (Å²) in [6, 6.07) is 6.41. The Labute approximate surface area is 111 Å². The largest absolute Gasteiger partial charge is 0.481 e. The Morgan fingerprint density at radius 1 is 1.28 bits per heavy atom. The smallest absolute Gasteiger partial charge is 0.335 e. The van der Waals surface area contributed by atoms with E-state index in [9.17, 15) is 9.59 Å². The molecule has 5 heteroatoms. The van der Waals surface area contributed by atoms with Crippen molar-refractivity contribution >= 4 is 24.6 Å². The molecule has 0 radical (unpaired) electrons. The normalized spacial score (nSPS) is 12.1. The summed E-state index contributed by atoms with van der Waals surface area (Å²) in [5.74, 6) is -1.68. The van der Waals surface area contributed by atoms with Gasteiger partial charge in [0.2, 0.25) is 0 Å². The Morgan fingerprint density at radius 2 is 2.00 bits per heavy atom. The van der Waals surface area contributed by atoms with Gasteiger partial charge in [-0.1, -0.05) is 12.1 Å². The second-order valence-electron chi connectivity index (χ2n) is 4.11. The molecular weight excluding hydrogens is 252 g/mol. The van der Waals surface area contributed by atoms with Crippen molar-refractivity contribution in [3.63, 3.8) is 0 Å². The van der Waals surface area contributed by atoms with E-state index >= 15 is 0 Å². The van der Waals surface area contributed by atoms with Gasteiger partial charge in [0.25, 0.3) is 0 Å². The Morgan fingerprint density at radius 3 is 2.56 bits per heavy atom. The minimum Gasteiger partial charge on any atom is -0.481 e. The van der Waals surface area contributed by atoms with Crippen LogP contribution in [-0.4, -0.2) is 27.9 Å². The maximum Gasteiger partial charge on any atom is 0.335 e. The van der Waals surface area contributed by atoms with Crippen LogP contribution in [-0.2, 0) is 11.2 Å². The molecule has 0 amide bonds. The summed E-state index contributed by atoms with van der Waals surface area (Å²) in [4.78, 5) is 21.9. The second-order valence-corrected chi connectivity index (χ2v) is 4.56. The molecule has 0 unspecified atom stereocenters. The molecule has 0 heterocycles. The van der Waals surface area contributed by atoms with E-state index in [1.54, 1.807) is 12.1 Å². The molecule has 0 saturated heterocycles. The number of carbonyl (C=O) groups is 2. The maximum atomic E-state index is 11.1. The lowest BCUT2D eigenvalue weighted by atomic mass is 9.94. The highest BCUT2D eigenvalue weighted by molar-refractivity contribution is 7.80. The Balaban J connectivity index is 2.77. The molecular formula is C13H16O4S. The number of hydrogen-bond acceptors (Lipinski definition) is 3. The Kier molecular flexibility index (Phi) is 5.71. The van der Waals surface area contributed by atoms with Crippen LogP contribution in [0.3, 0.4) is 0 Å². The number of carboxylic acid groups (broad SMARTS) is 2. The molecule has 1 aromatic rings. The molecule has 1 atom stereocenters. The molecule has 0 aliphatic carbocycles. The lowest BCUT2D eigenvalue weighted by molar-refractivity contribution is -0.141. The predicted molar refractivity (Wildman–Crippen MR) is 71.3 cm³/mol. The van der Waals surface area contributed by atoms with Crippen molar-refractivity contribution in [3.8, 4) is 0 Å². The van der Waals surface area contributed by atoms with Crippen molar-refractivity contribution < 1.29 is 19.8 Å². The molecule has 0 spiro atoms. The topological polar surface area (TPSA) is 74.6 Å². The summed E-state index contributed by atoms with van der Waals surface area (Å²) >= 11 is 4.06. The molecule has 0 fully saturated rings. The van der Waals surface area contributed by atoms with E-state index < -0.39 is 17.9 Å². The number of rotatable bonds is 7. The standard InChI is InChI=1S/C13H16O4S/c14-12(15)10-4-1-3-9(7-10)8-11(13(16)17)5-2-6-18/h1,3-4,7,11,18H,2,5-6,8H2,(H,14,15)(H,16,17)/t11-/m1/s1. The summed E-state index contributed by atoms with van der Waals surface area (Å²) in [6.07, 6.45) is 1.64. The highest BCUT2D eigenvalue weighted by atomic mass is 32.1. The molecule has 1 rings (SSSR count). The molecule has 0 aliphatic heterocycles. The van der Waals surface area contributed by atoms with Gasteiger partial charge in [-0.15, -0.1) is 0 Å². The average Bonchev–Trinajstić information content (AvgIpc) is 2.34. The fourth-order valence-electron chi connectivity index (χ4n) is 1.77. The van der Waals surface area contributed by atoms with Gasteiger partial charge in [-0.3, -0.25) is 4.79 Å². The van der Waals surface area contributed by atoms with Gasteiger partial charge < -0.3 is 10.2 Å². The van der Waals surface area contributed by atoms with E-state index in [1.165, 1.54) is 12.1 Å². The number of hydrogen-bond donors (Lipinski definition) is 3. The first-order chi connectivity index (χ1) is 8.54. The van der Waals surface area contributed by atoms with E-state index in [1.807, 2.05) is 0 Å². The fraction of sp³-hybridized carbons (Fsp3) is 0.385. The van der Waals surface area contributed by atoms with Crippen molar-refractivity contribution in [2.45, 2.75) is 19.3 Å². The highest BCUT2D eigenvalue weighted by Crippen LogP contribution is 2.16. The maximum absolute atomic E-state index is 11.1. The van der Waals surface area contributed by atoms with Gasteiger partial charge in [0.15, 0.2) is 0 Å². The summed E-state index contributed by atoms with van der Waals surface area (Å²) in [5.41, 5.74) is 0.923. The van der Waals surface area contributed by atoms with Crippen molar-refractivity contribution in [2.75, 3.05) is 5.75 Å². The molecule has 0 saturated carbocycles. The van der Waals surface area contributed by atoms with Gasteiger partial charge in [0, 0.05) is 0 Å². The second kappa shape index (κ2) is 7.06. The first-order valence-corrected chi connectivity index (χ1v) is 6.33. The van der Waals surface area contributed by atoms with E-state index in [2.05, 4.69) is 12.6 Å². The Bertz CT molecular complexity index is 431. The van der Waals surface area contributed by atoms with Gasteiger partial charge in [-0.2, -0.15) is 12.6 Å². The predicted octanol–water partition coefficient (Wildman–Crippen LogP) is 2.34. The molecule has 0 bridgehead atoms. The van der Waals surface area contributed by atoms with Gasteiger partial charge in [0.05, 0.1) is 11.5 Å². The molecule has 18 heavy (non-hydrogen) atoms. The number of aliphatic carboxylic acids is 1. The lowest BCUT2D eigenvalue weighted by Gasteiger charge is -2.12. The van der Waals surface area contributed by atoms with E-state index in [0.717, 1.165) is 12.0 Å². The van der Waals surface area contributed by atoms with Crippen LogP contribution < -0.4 is 0 Å². The number of benzene rings is 1. The minimum absolute atomic E-state index is 0.186. The summed E-state index contributed by atoms with van der Waals surface area (Å²) in [7, 11) is 0. The first-order valence-electron chi connectivity index (χ1n) is 5.70. The van der Waals surface area contributed by atoms with Crippen molar-refractivity contribution in [1.82, 2.24) is 0 Å². The van der Waals surface area contributed by atoms with Crippen molar-refractivity contribution in [3.05, 3.63) is 35.4 Å². The zero-order valence-corrected chi connectivity index (χ0v) is 10.8. The SMILES string of the molecule is O=C(O)c1cccc(C[C@@H](CCCS)C(=O)O)c1. The van der Waals surface area contributed by atoms with Crippen molar-refractivity contribution in [1.29, 1.82) is 0 Å². The van der Waals surface area contributed by atoms with Crippen LogP contribution in [0.5, 0.6) is 0 Å². The molecule has 0 aliphatic rings. The van der Waals surface area contributed by atoms with Crippen LogP contribution in [0.2, 0.25) is 0 Å². The van der Waals surface area contributed by atoms with Gasteiger partial charge in [-0.05, 0) is 42.7 Å². The number of aromatic carboxylic acids is 1. The summed E-state index contributed by atoms with van der Waals surface area (Å²) in [6.45, 7) is 0. The quantitative estimate of drug-likeness (QED) is 0.663. The van der Waals surface area contributed by atoms with Gasteiger partial charge >= 0.3 is 11.9 Å². The monoisotopic (exact) mass is 268 g/mol. The van der Waals surface area contributed by atoms with Crippen LogP contribution in [0.4, 0.5) is 0 Å². The highest BCUT2D eigenvalue weighted by Gasteiger charge is 2.17. The number of thiol groups is 1. The van der Waals surface area contributed by atoms with Crippen LogP contribution in [0.1, 0.15) is 28.8 Å². The minimum atomic E-state index is -1.00. The number of carboxylic acids is 2. The van der Waals surface area contributed by atoms with Crippen molar-refractivity contribution in [2.24, 2.45) is 5.92 Å².